The topological polar surface area (TPSA) is 82.1 Å². The SMILES string of the molecule is C[C@H]1CN(C(=O)C2(O)CC2)CCN1C(=O)c1ccc(C2NC3CCC(F)CC3(C3CCCCCCC3)O2)cc1. The number of nitrogens with zero attached hydrogens (tertiary/aromatic N) is 2. The lowest BCUT2D eigenvalue weighted by Gasteiger charge is -2.45. The van der Waals surface area contributed by atoms with Crippen LogP contribution in [0, 0.1) is 5.92 Å². The number of piperazine rings is 1. The third-order valence-corrected chi connectivity index (χ3v) is 10.1. The van der Waals surface area contributed by atoms with Crippen molar-refractivity contribution in [2.45, 2.75) is 120 Å². The van der Waals surface area contributed by atoms with E-state index < -0.39 is 17.4 Å². The molecule has 0 aromatic heterocycles. The van der Waals surface area contributed by atoms with Gasteiger partial charge in [-0.1, -0.05) is 44.2 Å². The molecule has 7 nitrogen and oxygen atoms in total. The van der Waals surface area contributed by atoms with Crippen molar-refractivity contribution in [2.24, 2.45) is 5.92 Å². The summed E-state index contributed by atoms with van der Waals surface area (Å²) in [7, 11) is 0. The van der Waals surface area contributed by atoms with Crippen molar-refractivity contribution < 1.29 is 23.8 Å². The Morgan fingerprint density at radius 3 is 2.36 bits per heavy atom. The molecular formula is C31H44FN3O4. The first kappa shape index (κ1) is 27.2. The van der Waals surface area contributed by atoms with Crippen LogP contribution in [-0.4, -0.2) is 75.8 Å². The highest BCUT2D eigenvalue weighted by molar-refractivity contribution is 5.95. The van der Waals surface area contributed by atoms with Crippen molar-refractivity contribution in [1.82, 2.24) is 15.1 Å². The molecule has 8 heteroatoms. The molecule has 1 aromatic carbocycles. The summed E-state index contributed by atoms with van der Waals surface area (Å²) >= 11 is 0. The lowest BCUT2D eigenvalue weighted by Crippen LogP contribution is -2.57. The van der Waals surface area contributed by atoms with Gasteiger partial charge in [0.2, 0.25) is 0 Å². The van der Waals surface area contributed by atoms with Crippen LogP contribution in [0.5, 0.6) is 0 Å². The van der Waals surface area contributed by atoms with Gasteiger partial charge in [0.25, 0.3) is 11.8 Å². The molecule has 1 aromatic rings. The predicted molar refractivity (Wildman–Crippen MR) is 146 cm³/mol. The van der Waals surface area contributed by atoms with E-state index in [0.29, 0.717) is 56.8 Å². The molecule has 0 bridgehead atoms. The number of hydrogen-bond acceptors (Lipinski definition) is 5. The maximum atomic E-state index is 14.8. The number of benzene rings is 1. The Morgan fingerprint density at radius 2 is 1.69 bits per heavy atom. The zero-order chi connectivity index (χ0) is 27.2. The van der Waals surface area contributed by atoms with Crippen molar-refractivity contribution >= 4 is 11.8 Å². The fraction of sp³-hybridized carbons (Fsp3) is 0.742. The molecule has 2 aliphatic heterocycles. The lowest BCUT2D eigenvalue weighted by molar-refractivity contribution is -0.144. The fourth-order valence-electron chi connectivity index (χ4n) is 7.67. The number of alkyl halides is 1. The monoisotopic (exact) mass is 541 g/mol. The third-order valence-electron chi connectivity index (χ3n) is 10.1. The summed E-state index contributed by atoms with van der Waals surface area (Å²) in [5.74, 6) is 0.130. The van der Waals surface area contributed by atoms with Crippen LogP contribution >= 0.6 is 0 Å². The molecule has 5 fully saturated rings. The normalized spacial score (nSPS) is 35.2. The molecule has 39 heavy (non-hydrogen) atoms. The Kier molecular flexibility index (Phi) is 7.48. The Balaban J connectivity index is 1.13. The average Bonchev–Trinajstić information content (AvgIpc) is 3.55. The number of carbonyl (C=O) groups excluding carboxylic acids is 2. The summed E-state index contributed by atoms with van der Waals surface area (Å²) in [4.78, 5) is 29.4. The Morgan fingerprint density at radius 1 is 1.00 bits per heavy atom. The van der Waals surface area contributed by atoms with Gasteiger partial charge in [-0.15, -0.1) is 0 Å². The van der Waals surface area contributed by atoms with E-state index in [1.165, 1.54) is 32.1 Å². The molecule has 2 N–H and O–H groups in total. The summed E-state index contributed by atoms with van der Waals surface area (Å²) in [6.07, 6.45) is 10.3. The van der Waals surface area contributed by atoms with E-state index in [-0.39, 0.29) is 30.1 Å². The second kappa shape index (κ2) is 10.7. The molecule has 0 radical (unpaired) electrons. The van der Waals surface area contributed by atoms with Gasteiger partial charge in [-0.2, -0.15) is 0 Å². The standard InChI is InChI=1S/C31H44FN3O4/c1-21-20-34(29(37)30(38)15-16-30)17-18-35(21)28(36)23-11-9-22(10-12-23)27-33-26-14-13-25(32)19-31(26,39-27)24-7-5-3-2-4-6-8-24/h9-12,21,24-27,33,38H,2-8,13-20H2,1H3/t21-,25?,26?,27?,31?/m0/s1. The van der Waals surface area contributed by atoms with E-state index in [1.807, 2.05) is 36.1 Å². The van der Waals surface area contributed by atoms with Crippen molar-refractivity contribution in [3.05, 3.63) is 35.4 Å². The largest absolute Gasteiger partial charge is 0.380 e. The summed E-state index contributed by atoms with van der Waals surface area (Å²) in [6, 6.07) is 7.69. The maximum Gasteiger partial charge on any atom is 0.254 e. The zero-order valence-electron chi connectivity index (χ0n) is 23.2. The molecule has 2 saturated heterocycles. The number of fused-ring (bicyclic) bond motifs is 1. The highest BCUT2D eigenvalue weighted by Crippen LogP contribution is 2.50. The molecule has 4 unspecified atom stereocenters. The molecule has 214 valence electrons. The summed E-state index contributed by atoms with van der Waals surface area (Å²) in [5, 5.41) is 13.9. The number of rotatable bonds is 4. The quantitative estimate of drug-likeness (QED) is 0.587. The van der Waals surface area contributed by atoms with E-state index in [0.717, 1.165) is 24.8 Å². The van der Waals surface area contributed by atoms with E-state index in [9.17, 15) is 19.1 Å². The smallest absolute Gasteiger partial charge is 0.254 e. The van der Waals surface area contributed by atoms with Crippen molar-refractivity contribution in [3.63, 3.8) is 0 Å². The predicted octanol–water partition coefficient (Wildman–Crippen LogP) is 4.49. The molecule has 5 aliphatic rings. The number of hydrogen-bond donors (Lipinski definition) is 2. The second-order valence-corrected chi connectivity index (χ2v) is 12.8. The Labute approximate surface area is 231 Å². The van der Waals surface area contributed by atoms with Crippen LogP contribution < -0.4 is 5.32 Å². The fourth-order valence-corrected chi connectivity index (χ4v) is 7.67. The second-order valence-electron chi connectivity index (χ2n) is 12.8. The summed E-state index contributed by atoms with van der Waals surface area (Å²) < 4.78 is 21.7. The first-order valence-electron chi connectivity index (χ1n) is 15.3. The number of nitrogens with one attached hydrogen (secondary N) is 1. The van der Waals surface area contributed by atoms with Crippen LogP contribution in [0.25, 0.3) is 0 Å². The maximum absolute atomic E-state index is 14.8. The summed E-state index contributed by atoms with van der Waals surface area (Å²) in [5.41, 5.74) is -0.0359. The highest BCUT2D eigenvalue weighted by atomic mass is 19.1. The van der Waals surface area contributed by atoms with Crippen LogP contribution in [0.15, 0.2) is 24.3 Å². The minimum atomic E-state index is -1.17. The van der Waals surface area contributed by atoms with Crippen LogP contribution in [0.2, 0.25) is 0 Å². The molecular weight excluding hydrogens is 497 g/mol. The molecule has 0 spiro atoms. The molecule has 3 aliphatic carbocycles. The number of amides is 2. The van der Waals surface area contributed by atoms with Gasteiger partial charge in [0, 0.05) is 43.7 Å². The van der Waals surface area contributed by atoms with E-state index >= 15 is 0 Å². The van der Waals surface area contributed by atoms with Gasteiger partial charge in [0.1, 0.15) is 18.0 Å². The van der Waals surface area contributed by atoms with Gasteiger partial charge in [0.15, 0.2) is 0 Å². The van der Waals surface area contributed by atoms with Gasteiger partial charge in [-0.3, -0.25) is 14.9 Å². The van der Waals surface area contributed by atoms with E-state index in [2.05, 4.69) is 5.32 Å². The highest BCUT2D eigenvalue weighted by Gasteiger charge is 2.56. The molecule has 5 atom stereocenters. The van der Waals surface area contributed by atoms with Gasteiger partial charge in [-0.05, 0) is 69.1 Å². The number of ether oxygens (including phenoxy) is 1. The van der Waals surface area contributed by atoms with E-state index in [1.54, 1.807) is 4.90 Å². The van der Waals surface area contributed by atoms with Crippen molar-refractivity contribution in [2.75, 3.05) is 19.6 Å². The summed E-state index contributed by atoms with van der Waals surface area (Å²) in [6.45, 7) is 3.28. The lowest BCUT2D eigenvalue weighted by atomic mass is 9.68. The van der Waals surface area contributed by atoms with Gasteiger partial charge < -0.3 is 19.6 Å². The van der Waals surface area contributed by atoms with E-state index in [4.69, 9.17) is 4.74 Å². The number of carbonyl (C=O) groups is 2. The van der Waals surface area contributed by atoms with Crippen molar-refractivity contribution in [1.29, 1.82) is 0 Å². The molecule has 2 heterocycles. The van der Waals surface area contributed by atoms with Crippen LogP contribution in [0.3, 0.4) is 0 Å². The first-order valence-corrected chi connectivity index (χ1v) is 15.3. The minimum absolute atomic E-state index is 0.0495. The average molecular weight is 542 g/mol. The van der Waals surface area contributed by atoms with Gasteiger partial charge in [0.05, 0.1) is 5.60 Å². The minimum Gasteiger partial charge on any atom is -0.380 e. The zero-order valence-corrected chi connectivity index (χ0v) is 23.2. The molecule has 2 amide bonds. The first-order chi connectivity index (χ1) is 18.8. The number of halogens is 1. The van der Waals surface area contributed by atoms with Crippen LogP contribution in [0.4, 0.5) is 4.39 Å². The van der Waals surface area contributed by atoms with Crippen LogP contribution in [0.1, 0.15) is 106 Å². The van der Waals surface area contributed by atoms with Gasteiger partial charge >= 0.3 is 0 Å². The third kappa shape index (κ3) is 5.24. The Bertz CT molecular complexity index is 1050. The molecule has 6 rings (SSSR count). The van der Waals surface area contributed by atoms with Gasteiger partial charge in [-0.25, -0.2) is 4.39 Å². The van der Waals surface area contributed by atoms with Crippen LogP contribution in [-0.2, 0) is 9.53 Å². The molecule has 3 saturated carbocycles. The Hall–Kier alpha value is -2.03. The van der Waals surface area contributed by atoms with Crippen molar-refractivity contribution in [3.8, 4) is 0 Å². The number of aliphatic hydroxyl groups is 1.